The van der Waals surface area contributed by atoms with Gasteiger partial charge in [-0.05, 0) is 19.9 Å². The Hall–Kier alpha value is -1.25. The summed E-state index contributed by atoms with van der Waals surface area (Å²) in [6, 6.07) is 5.48. The lowest BCUT2D eigenvalue weighted by Crippen LogP contribution is -2.03. The zero-order valence-corrected chi connectivity index (χ0v) is 10.0. The zero-order chi connectivity index (χ0) is 12.0. The second-order valence-corrected chi connectivity index (χ2v) is 3.44. The fraction of sp³-hybridized carbons (Fsp3) is 0.462. The van der Waals surface area contributed by atoms with E-state index in [1.165, 1.54) is 0 Å². The Morgan fingerprint density at radius 1 is 1.19 bits per heavy atom. The first-order valence-corrected chi connectivity index (χ1v) is 5.51. The standard InChI is InChI=1S/C13H18FO2/c1-4-15-11-6-7-12(10(3)9-14)13(8-11)16-5-2/h6-8H,4-5,9H2,1-3H3. The maximum Gasteiger partial charge on any atom is 0.126 e. The molecular weight excluding hydrogens is 207 g/mol. The van der Waals surface area contributed by atoms with Crippen molar-refractivity contribution in [1.29, 1.82) is 0 Å². The first kappa shape index (κ1) is 12.8. The minimum atomic E-state index is -0.464. The number of hydrogen-bond acceptors (Lipinski definition) is 2. The molecule has 0 aromatic heterocycles. The number of ether oxygens (including phenoxy) is 2. The smallest absolute Gasteiger partial charge is 0.126 e. The van der Waals surface area contributed by atoms with E-state index in [1.807, 2.05) is 32.0 Å². The third-order valence-corrected chi connectivity index (χ3v) is 2.22. The van der Waals surface area contributed by atoms with E-state index >= 15 is 0 Å². The van der Waals surface area contributed by atoms with Crippen LogP contribution in [0, 0.1) is 5.92 Å². The quantitative estimate of drug-likeness (QED) is 0.738. The fourth-order valence-corrected chi connectivity index (χ4v) is 1.46. The van der Waals surface area contributed by atoms with Gasteiger partial charge in [0.15, 0.2) is 0 Å². The lowest BCUT2D eigenvalue weighted by Gasteiger charge is -2.15. The Balaban J connectivity index is 2.98. The first-order valence-electron chi connectivity index (χ1n) is 5.51. The maximum absolute atomic E-state index is 12.6. The molecule has 0 N–H and O–H groups in total. The van der Waals surface area contributed by atoms with Crippen molar-refractivity contribution >= 4 is 0 Å². The van der Waals surface area contributed by atoms with Gasteiger partial charge in [0.2, 0.25) is 0 Å². The molecule has 0 fully saturated rings. The Kier molecular flexibility index (Phi) is 5.09. The molecule has 2 nitrogen and oxygen atoms in total. The maximum atomic E-state index is 12.6. The van der Waals surface area contributed by atoms with E-state index in [-0.39, 0.29) is 0 Å². The van der Waals surface area contributed by atoms with Crippen LogP contribution in [0.1, 0.15) is 26.3 Å². The average molecular weight is 225 g/mol. The van der Waals surface area contributed by atoms with Crippen LogP contribution in [0.5, 0.6) is 11.5 Å². The van der Waals surface area contributed by atoms with Crippen LogP contribution in [0.4, 0.5) is 4.39 Å². The average Bonchev–Trinajstić information content (AvgIpc) is 2.29. The molecule has 0 bridgehead atoms. The van der Waals surface area contributed by atoms with Gasteiger partial charge in [0, 0.05) is 17.5 Å². The highest BCUT2D eigenvalue weighted by Crippen LogP contribution is 2.30. The molecule has 0 amide bonds. The first-order chi connectivity index (χ1) is 7.72. The largest absolute Gasteiger partial charge is 0.494 e. The van der Waals surface area contributed by atoms with E-state index in [9.17, 15) is 4.39 Å². The Morgan fingerprint density at radius 3 is 2.44 bits per heavy atom. The highest BCUT2D eigenvalue weighted by molar-refractivity contribution is 5.47. The monoisotopic (exact) mass is 225 g/mol. The summed E-state index contributed by atoms with van der Waals surface area (Å²) in [5.41, 5.74) is 0.813. The van der Waals surface area contributed by atoms with Crippen molar-refractivity contribution in [3.8, 4) is 11.5 Å². The lowest BCUT2D eigenvalue weighted by atomic mass is 10.0. The summed E-state index contributed by atoms with van der Waals surface area (Å²) < 4.78 is 23.5. The number of alkyl halides is 1. The van der Waals surface area contributed by atoms with Crippen molar-refractivity contribution in [3.63, 3.8) is 0 Å². The number of benzene rings is 1. The van der Waals surface area contributed by atoms with Crippen molar-refractivity contribution in [2.24, 2.45) is 0 Å². The van der Waals surface area contributed by atoms with Crippen molar-refractivity contribution in [2.45, 2.75) is 20.8 Å². The van der Waals surface area contributed by atoms with E-state index in [4.69, 9.17) is 9.47 Å². The van der Waals surface area contributed by atoms with Crippen molar-refractivity contribution in [1.82, 2.24) is 0 Å². The second-order valence-electron chi connectivity index (χ2n) is 3.44. The van der Waals surface area contributed by atoms with E-state index in [0.29, 0.717) is 24.9 Å². The fourth-order valence-electron chi connectivity index (χ4n) is 1.46. The summed E-state index contributed by atoms with van der Waals surface area (Å²) in [7, 11) is 0. The lowest BCUT2D eigenvalue weighted by molar-refractivity contribution is 0.320. The topological polar surface area (TPSA) is 18.5 Å². The number of halogens is 1. The van der Waals surface area contributed by atoms with Gasteiger partial charge < -0.3 is 9.47 Å². The summed E-state index contributed by atoms with van der Waals surface area (Å²) >= 11 is 0. The summed E-state index contributed by atoms with van der Waals surface area (Å²) in [6.45, 7) is 6.29. The highest BCUT2D eigenvalue weighted by atomic mass is 19.1. The van der Waals surface area contributed by atoms with Gasteiger partial charge in [-0.25, -0.2) is 0 Å². The van der Waals surface area contributed by atoms with E-state index < -0.39 is 6.67 Å². The van der Waals surface area contributed by atoms with Gasteiger partial charge in [0.25, 0.3) is 0 Å². The molecule has 0 aliphatic carbocycles. The minimum Gasteiger partial charge on any atom is -0.494 e. The molecule has 1 radical (unpaired) electrons. The summed E-state index contributed by atoms with van der Waals surface area (Å²) in [6.07, 6.45) is 0. The van der Waals surface area contributed by atoms with Crippen molar-refractivity contribution in [3.05, 3.63) is 29.7 Å². The van der Waals surface area contributed by atoms with Crippen LogP contribution in [-0.2, 0) is 0 Å². The Bertz CT molecular complexity index is 326. The van der Waals surface area contributed by atoms with Gasteiger partial charge in [-0.3, -0.25) is 4.39 Å². The molecule has 3 heteroatoms. The van der Waals surface area contributed by atoms with Gasteiger partial charge in [0.05, 0.1) is 19.9 Å². The van der Waals surface area contributed by atoms with Crippen molar-refractivity contribution in [2.75, 3.05) is 19.9 Å². The van der Waals surface area contributed by atoms with Gasteiger partial charge >= 0.3 is 0 Å². The van der Waals surface area contributed by atoms with Crippen LogP contribution in [-0.4, -0.2) is 19.9 Å². The molecule has 1 aromatic carbocycles. The highest BCUT2D eigenvalue weighted by Gasteiger charge is 2.13. The van der Waals surface area contributed by atoms with E-state index in [1.54, 1.807) is 6.92 Å². The van der Waals surface area contributed by atoms with Crippen LogP contribution < -0.4 is 9.47 Å². The molecular formula is C13H18FO2. The van der Waals surface area contributed by atoms with Crippen LogP contribution in [0.25, 0.3) is 0 Å². The van der Waals surface area contributed by atoms with Gasteiger partial charge in [-0.15, -0.1) is 0 Å². The molecule has 0 aliphatic heterocycles. The Morgan fingerprint density at radius 2 is 1.88 bits per heavy atom. The van der Waals surface area contributed by atoms with Gasteiger partial charge in [0.1, 0.15) is 11.5 Å². The minimum absolute atomic E-state index is 0.464. The molecule has 0 heterocycles. The zero-order valence-electron chi connectivity index (χ0n) is 10.0. The second kappa shape index (κ2) is 6.36. The normalized spacial score (nSPS) is 10.6. The molecule has 1 aromatic rings. The van der Waals surface area contributed by atoms with Crippen LogP contribution in [0.15, 0.2) is 18.2 Å². The third kappa shape index (κ3) is 3.12. The summed E-state index contributed by atoms with van der Waals surface area (Å²) in [5.74, 6) is 2.11. The van der Waals surface area contributed by atoms with Crippen molar-refractivity contribution < 1.29 is 13.9 Å². The van der Waals surface area contributed by atoms with Gasteiger partial charge in [-0.1, -0.05) is 13.0 Å². The number of hydrogen-bond donors (Lipinski definition) is 0. The van der Waals surface area contributed by atoms with Crippen LogP contribution in [0.2, 0.25) is 0 Å². The van der Waals surface area contributed by atoms with Gasteiger partial charge in [-0.2, -0.15) is 0 Å². The number of rotatable bonds is 6. The molecule has 89 valence electrons. The van der Waals surface area contributed by atoms with Crippen LogP contribution in [0.3, 0.4) is 0 Å². The molecule has 16 heavy (non-hydrogen) atoms. The van der Waals surface area contributed by atoms with Crippen LogP contribution >= 0.6 is 0 Å². The predicted molar refractivity (Wildman–Crippen MR) is 62.8 cm³/mol. The summed E-state index contributed by atoms with van der Waals surface area (Å²) in [4.78, 5) is 0. The molecule has 0 unspecified atom stereocenters. The van der Waals surface area contributed by atoms with E-state index in [0.717, 1.165) is 11.3 Å². The molecule has 0 atom stereocenters. The Labute approximate surface area is 96.4 Å². The molecule has 0 saturated heterocycles. The summed E-state index contributed by atoms with van der Waals surface area (Å²) in [5, 5.41) is 0. The molecule has 0 saturated carbocycles. The van der Waals surface area contributed by atoms with E-state index in [2.05, 4.69) is 0 Å². The SMILES string of the molecule is CCOc1ccc([C](C)CF)c(OCC)c1. The molecule has 1 rings (SSSR count). The molecule has 0 spiro atoms. The molecule has 0 aliphatic rings. The third-order valence-electron chi connectivity index (χ3n) is 2.22. The predicted octanol–water partition coefficient (Wildman–Crippen LogP) is 3.40.